The van der Waals surface area contributed by atoms with Crippen LogP contribution in [0.3, 0.4) is 0 Å². The lowest BCUT2D eigenvalue weighted by Gasteiger charge is -2.14. The first-order valence-corrected chi connectivity index (χ1v) is 12.9. The van der Waals surface area contributed by atoms with Gasteiger partial charge in [0, 0.05) is 0 Å². The SMILES string of the molecule is CCOc1cc(/C=N/N=C2\NC(=O)C(CC(=O)O)S2)cc(Br)c1OS(=O)(=O)c1ccc(C)cc1. The molecule has 0 aliphatic carbocycles. The Hall–Kier alpha value is -2.90. The van der Waals surface area contributed by atoms with E-state index >= 15 is 0 Å². The average Bonchev–Trinajstić information content (AvgIpc) is 3.09. The van der Waals surface area contributed by atoms with Gasteiger partial charge in [-0.05, 0) is 59.6 Å². The van der Waals surface area contributed by atoms with Gasteiger partial charge >= 0.3 is 16.1 Å². The standard InChI is InChI=1S/C21H20BrN3O7S2/c1-3-31-16-9-13(11-23-25-21-24-20(28)17(33-21)10-18(26)27)8-15(22)19(16)32-34(29,30)14-6-4-12(2)5-7-14/h4-9,11,17H,3,10H2,1-2H3,(H,26,27)(H,24,25,28)/b23-11+. The molecule has 1 amide bonds. The lowest BCUT2D eigenvalue weighted by Crippen LogP contribution is -2.26. The summed E-state index contributed by atoms with van der Waals surface area (Å²) in [5, 5.41) is 18.5. The highest BCUT2D eigenvalue weighted by molar-refractivity contribution is 9.10. The highest BCUT2D eigenvalue weighted by Gasteiger charge is 2.32. The van der Waals surface area contributed by atoms with E-state index in [1.54, 1.807) is 25.1 Å². The Kier molecular flexibility index (Phi) is 8.33. The Bertz CT molecular complexity index is 1260. The van der Waals surface area contributed by atoms with E-state index < -0.39 is 27.2 Å². The second-order valence-electron chi connectivity index (χ2n) is 6.96. The van der Waals surface area contributed by atoms with Gasteiger partial charge in [-0.1, -0.05) is 29.5 Å². The molecule has 34 heavy (non-hydrogen) atoms. The molecule has 0 spiro atoms. The smallest absolute Gasteiger partial charge is 0.339 e. The summed E-state index contributed by atoms with van der Waals surface area (Å²) >= 11 is 4.30. The van der Waals surface area contributed by atoms with Crippen LogP contribution >= 0.6 is 27.7 Å². The number of ether oxygens (including phenoxy) is 1. The van der Waals surface area contributed by atoms with Gasteiger partial charge in [-0.2, -0.15) is 13.5 Å². The molecule has 1 aliphatic rings. The fraction of sp³-hybridized carbons (Fsp3) is 0.238. The highest BCUT2D eigenvalue weighted by Crippen LogP contribution is 2.38. The summed E-state index contributed by atoms with van der Waals surface area (Å²) in [6.45, 7) is 3.84. The Labute approximate surface area is 208 Å². The van der Waals surface area contributed by atoms with Gasteiger partial charge in [-0.3, -0.25) is 9.59 Å². The van der Waals surface area contributed by atoms with Gasteiger partial charge in [-0.25, -0.2) is 0 Å². The molecular weight excluding hydrogens is 550 g/mol. The van der Waals surface area contributed by atoms with E-state index in [0.717, 1.165) is 17.3 Å². The maximum atomic E-state index is 12.7. The minimum Gasteiger partial charge on any atom is -0.490 e. The van der Waals surface area contributed by atoms with Crippen molar-refractivity contribution in [1.82, 2.24) is 5.32 Å². The van der Waals surface area contributed by atoms with Crippen LogP contribution in [0.5, 0.6) is 11.5 Å². The molecule has 10 nitrogen and oxygen atoms in total. The molecule has 2 aromatic carbocycles. The topological polar surface area (TPSA) is 144 Å². The summed E-state index contributed by atoms with van der Waals surface area (Å²) < 4.78 is 36.7. The summed E-state index contributed by atoms with van der Waals surface area (Å²) in [4.78, 5) is 22.6. The molecule has 1 heterocycles. The fourth-order valence-electron chi connectivity index (χ4n) is 2.76. The van der Waals surface area contributed by atoms with Crippen molar-refractivity contribution in [3.8, 4) is 11.5 Å². The molecule has 1 saturated heterocycles. The van der Waals surface area contributed by atoms with Crippen molar-refractivity contribution < 1.29 is 32.0 Å². The quantitative estimate of drug-likeness (QED) is 0.266. The van der Waals surface area contributed by atoms with Crippen molar-refractivity contribution >= 4 is 61.1 Å². The van der Waals surface area contributed by atoms with Gasteiger partial charge in [0.2, 0.25) is 5.91 Å². The molecule has 1 atom stereocenters. The molecule has 1 unspecified atom stereocenters. The Balaban J connectivity index is 1.81. The number of nitrogens with one attached hydrogen (secondary N) is 1. The Morgan fingerprint density at radius 3 is 2.65 bits per heavy atom. The summed E-state index contributed by atoms with van der Waals surface area (Å²) in [6, 6.07) is 9.36. The predicted octanol–water partition coefficient (Wildman–Crippen LogP) is 3.32. The number of hydrogen-bond acceptors (Lipinski definition) is 9. The van der Waals surface area contributed by atoms with Crippen molar-refractivity contribution in [1.29, 1.82) is 0 Å². The van der Waals surface area contributed by atoms with Gasteiger partial charge in [0.25, 0.3) is 0 Å². The fourth-order valence-corrected chi connectivity index (χ4v) is 5.28. The van der Waals surface area contributed by atoms with Crippen molar-refractivity contribution in [2.75, 3.05) is 6.61 Å². The largest absolute Gasteiger partial charge is 0.490 e. The number of carbonyl (C=O) groups excluding carboxylic acids is 1. The van der Waals surface area contributed by atoms with Gasteiger partial charge < -0.3 is 19.3 Å². The number of rotatable bonds is 9. The van der Waals surface area contributed by atoms with Crippen LogP contribution in [-0.4, -0.2) is 48.6 Å². The van der Waals surface area contributed by atoms with E-state index in [1.165, 1.54) is 24.4 Å². The van der Waals surface area contributed by atoms with E-state index in [4.69, 9.17) is 14.0 Å². The summed E-state index contributed by atoms with van der Waals surface area (Å²) in [7, 11) is -4.10. The number of amidine groups is 1. The first-order valence-electron chi connectivity index (χ1n) is 9.87. The average molecular weight is 570 g/mol. The monoisotopic (exact) mass is 569 g/mol. The molecular formula is C21H20BrN3O7S2. The van der Waals surface area contributed by atoms with Crippen LogP contribution in [0.1, 0.15) is 24.5 Å². The van der Waals surface area contributed by atoms with E-state index in [-0.39, 0.29) is 34.6 Å². The van der Waals surface area contributed by atoms with Crippen LogP contribution in [0.15, 0.2) is 56.0 Å². The Morgan fingerprint density at radius 2 is 2.00 bits per heavy atom. The van der Waals surface area contributed by atoms with Crippen LogP contribution in [0.2, 0.25) is 0 Å². The number of thioether (sulfide) groups is 1. The number of carboxylic acids is 1. The third-order valence-corrected chi connectivity index (χ3v) is 7.22. The lowest BCUT2D eigenvalue weighted by molar-refractivity contribution is -0.138. The molecule has 1 fully saturated rings. The van der Waals surface area contributed by atoms with E-state index in [2.05, 4.69) is 31.4 Å². The van der Waals surface area contributed by atoms with Gasteiger partial charge in [0.1, 0.15) is 10.1 Å². The third-order valence-electron chi connectivity index (χ3n) is 4.33. The van der Waals surface area contributed by atoms with E-state index in [9.17, 15) is 18.0 Å². The lowest BCUT2D eigenvalue weighted by atomic mass is 10.2. The minimum absolute atomic E-state index is 0.00576. The zero-order chi connectivity index (χ0) is 24.9. The van der Waals surface area contributed by atoms with E-state index in [0.29, 0.717) is 10.0 Å². The van der Waals surface area contributed by atoms with E-state index in [1.807, 2.05) is 6.92 Å². The molecule has 0 aromatic heterocycles. The maximum absolute atomic E-state index is 12.7. The number of carboxylic acid groups (broad SMARTS) is 1. The molecule has 13 heteroatoms. The van der Waals surface area contributed by atoms with Crippen LogP contribution in [0.25, 0.3) is 0 Å². The summed E-state index contributed by atoms with van der Waals surface area (Å²) in [5.74, 6) is -1.37. The molecule has 3 rings (SSSR count). The molecule has 2 aromatic rings. The molecule has 0 saturated carbocycles. The number of hydrogen-bond donors (Lipinski definition) is 2. The van der Waals surface area contributed by atoms with Crippen molar-refractivity contribution in [2.24, 2.45) is 10.2 Å². The number of nitrogens with zero attached hydrogens (tertiary/aromatic N) is 2. The third kappa shape index (κ3) is 6.58. The van der Waals surface area contributed by atoms with Gasteiger partial charge in [0.15, 0.2) is 16.7 Å². The van der Waals surface area contributed by atoms with Crippen molar-refractivity contribution in [3.05, 3.63) is 52.0 Å². The van der Waals surface area contributed by atoms with Crippen molar-refractivity contribution in [3.63, 3.8) is 0 Å². The summed E-state index contributed by atoms with van der Waals surface area (Å²) in [5.41, 5.74) is 1.42. The minimum atomic E-state index is -4.10. The predicted molar refractivity (Wildman–Crippen MR) is 131 cm³/mol. The van der Waals surface area contributed by atoms with Gasteiger partial charge in [-0.15, -0.1) is 5.10 Å². The van der Waals surface area contributed by atoms with Crippen LogP contribution in [0, 0.1) is 6.92 Å². The number of aryl methyl sites for hydroxylation is 1. The van der Waals surface area contributed by atoms with Crippen LogP contribution < -0.4 is 14.2 Å². The first-order chi connectivity index (χ1) is 16.1. The second kappa shape index (κ2) is 11.0. The van der Waals surface area contributed by atoms with Crippen LogP contribution in [-0.2, 0) is 19.7 Å². The number of aliphatic carboxylic acids is 1. The zero-order valence-electron chi connectivity index (χ0n) is 18.0. The molecule has 0 bridgehead atoms. The number of benzene rings is 2. The number of amides is 1. The molecule has 2 N–H and O–H groups in total. The summed E-state index contributed by atoms with van der Waals surface area (Å²) in [6.07, 6.45) is 1.05. The first kappa shape index (κ1) is 25.7. The number of halogens is 1. The zero-order valence-corrected chi connectivity index (χ0v) is 21.2. The molecule has 1 aliphatic heterocycles. The van der Waals surface area contributed by atoms with Crippen LogP contribution in [0.4, 0.5) is 0 Å². The second-order valence-corrected chi connectivity index (χ2v) is 10.5. The maximum Gasteiger partial charge on any atom is 0.339 e. The normalized spacial score (nSPS) is 17.2. The molecule has 0 radical (unpaired) electrons. The number of carbonyl (C=O) groups is 2. The highest BCUT2D eigenvalue weighted by atomic mass is 79.9. The van der Waals surface area contributed by atoms with Gasteiger partial charge in [0.05, 0.1) is 23.7 Å². The molecule has 180 valence electrons. The van der Waals surface area contributed by atoms with Crippen molar-refractivity contribution in [2.45, 2.75) is 30.4 Å². The Morgan fingerprint density at radius 1 is 1.29 bits per heavy atom.